The van der Waals surface area contributed by atoms with Gasteiger partial charge in [-0.2, -0.15) is 0 Å². The number of carbonyl (C=O) groups excluding carboxylic acids is 2. The van der Waals surface area contributed by atoms with Gasteiger partial charge in [0.05, 0.1) is 39.2 Å². The SMILES string of the molecule is COCCNC(=O)CCN(Cc1ccco1)C(=O)c1cc(-c2cc(OC)ccc2OC)on1. The van der Waals surface area contributed by atoms with Crippen molar-refractivity contribution in [2.24, 2.45) is 0 Å². The first-order valence-corrected chi connectivity index (χ1v) is 10.3. The van der Waals surface area contributed by atoms with E-state index in [-0.39, 0.29) is 31.1 Å². The highest BCUT2D eigenvalue weighted by Crippen LogP contribution is 2.34. The summed E-state index contributed by atoms with van der Waals surface area (Å²) in [5.74, 6) is 1.50. The summed E-state index contributed by atoms with van der Waals surface area (Å²) in [4.78, 5) is 26.8. The molecule has 1 N–H and O–H groups in total. The molecule has 1 aromatic carbocycles. The summed E-state index contributed by atoms with van der Waals surface area (Å²) in [6, 6.07) is 10.3. The van der Waals surface area contributed by atoms with E-state index in [2.05, 4.69) is 10.5 Å². The number of hydrogen-bond acceptors (Lipinski definition) is 8. The van der Waals surface area contributed by atoms with Gasteiger partial charge in [0.1, 0.15) is 17.3 Å². The van der Waals surface area contributed by atoms with E-state index in [4.69, 9.17) is 23.2 Å². The first-order chi connectivity index (χ1) is 16.0. The zero-order chi connectivity index (χ0) is 23.6. The van der Waals surface area contributed by atoms with Crippen molar-refractivity contribution >= 4 is 11.8 Å². The highest BCUT2D eigenvalue weighted by molar-refractivity contribution is 5.93. The van der Waals surface area contributed by atoms with Crippen LogP contribution >= 0.6 is 0 Å². The van der Waals surface area contributed by atoms with Gasteiger partial charge in [-0.3, -0.25) is 9.59 Å². The molecule has 0 atom stereocenters. The molecule has 10 heteroatoms. The maximum atomic E-state index is 13.2. The number of furan rings is 1. The smallest absolute Gasteiger partial charge is 0.276 e. The molecule has 0 aliphatic heterocycles. The molecule has 2 aromatic heterocycles. The lowest BCUT2D eigenvalue weighted by Gasteiger charge is -2.20. The number of nitrogens with one attached hydrogen (secondary N) is 1. The number of carbonyl (C=O) groups is 2. The molecule has 3 aromatic rings. The fourth-order valence-corrected chi connectivity index (χ4v) is 3.13. The van der Waals surface area contributed by atoms with Crippen LogP contribution in [0, 0.1) is 0 Å². The van der Waals surface area contributed by atoms with Gasteiger partial charge in [-0.25, -0.2) is 0 Å². The molecule has 176 valence electrons. The zero-order valence-electron chi connectivity index (χ0n) is 18.8. The summed E-state index contributed by atoms with van der Waals surface area (Å²) in [5.41, 5.74) is 0.694. The van der Waals surface area contributed by atoms with Crippen LogP contribution in [0.1, 0.15) is 22.7 Å². The molecule has 2 heterocycles. The van der Waals surface area contributed by atoms with Gasteiger partial charge in [0.2, 0.25) is 5.91 Å². The first kappa shape index (κ1) is 23.9. The van der Waals surface area contributed by atoms with Gasteiger partial charge < -0.3 is 33.4 Å². The molecule has 0 saturated carbocycles. The second kappa shape index (κ2) is 11.7. The Bertz CT molecular complexity index is 1050. The fourth-order valence-electron chi connectivity index (χ4n) is 3.13. The predicted octanol–water partition coefficient (Wildman–Crippen LogP) is 2.75. The summed E-state index contributed by atoms with van der Waals surface area (Å²) in [5, 5.41) is 6.69. The Kier molecular flexibility index (Phi) is 8.48. The van der Waals surface area contributed by atoms with Crippen molar-refractivity contribution in [3.8, 4) is 22.8 Å². The number of amides is 2. The van der Waals surface area contributed by atoms with Crippen molar-refractivity contribution in [2.75, 3.05) is 41.0 Å². The van der Waals surface area contributed by atoms with E-state index in [1.807, 2.05) is 0 Å². The summed E-state index contributed by atoms with van der Waals surface area (Å²) in [6.07, 6.45) is 1.64. The molecule has 0 saturated heterocycles. The molecular weight excluding hydrogens is 430 g/mol. The molecule has 10 nitrogen and oxygen atoms in total. The van der Waals surface area contributed by atoms with Crippen molar-refractivity contribution < 1.29 is 32.7 Å². The second-order valence-electron chi connectivity index (χ2n) is 7.04. The highest BCUT2D eigenvalue weighted by Gasteiger charge is 2.23. The average molecular weight is 457 g/mol. The Hall–Kier alpha value is -3.79. The summed E-state index contributed by atoms with van der Waals surface area (Å²) in [6.45, 7) is 1.16. The molecule has 0 aliphatic carbocycles. The molecule has 0 aliphatic rings. The molecule has 0 spiro atoms. The first-order valence-electron chi connectivity index (χ1n) is 10.3. The van der Waals surface area contributed by atoms with Crippen LogP contribution in [-0.4, -0.2) is 62.9 Å². The Labute approximate surface area is 191 Å². The van der Waals surface area contributed by atoms with Gasteiger partial charge in [0.15, 0.2) is 11.5 Å². The van der Waals surface area contributed by atoms with E-state index in [0.717, 1.165) is 0 Å². The summed E-state index contributed by atoms with van der Waals surface area (Å²) >= 11 is 0. The van der Waals surface area contributed by atoms with Crippen LogP contribution < -0.4 is 14.8 Å². The molecule has 3 rings (SSSR count). The number of methoxy groups -OCH3 is 3. The Morgan fingerprint density at radius 3 is 2.67 bits per heavy atom. The second-order valence-corrected chi connectivity index (χ2v) is 7.04. The lowest BCUT2D eigenvalue weighted by molar-refractivity contribution is -0.121. The van der Waals surface area contributed by atoms with Crippen molar-refractivity contribution in [2.45, 2.75) is 13.0 Å². The van der Waals surface area contributed by atoms with E-state index < -0.39 is 5.91 Å². The number of ether oxygens (including phenoxy) is 3. The van der Waals surface area contributed by atoms with Crippen LogP contribution in [0.25, 0.3) is 11.3 Å². The normalized spacial score (nSPS) is 10.6. The van der Waals surface area contributed by atoms with E-state index >= 15 is 0 Å². The average Bonchev–Trinajstić information content (AvgIpc) is 3.53. The standard InChI is InChI=1S/C23H27N3O7/c1-29-12-9-24-22(27)8-10-26(15-17-5-4-11-32-17)23(28)19-14-21(33-25-19)18-13-16(30-2)6-7-20(18)31-3/h4-7,11,13-14H,8-10,12,15H2,1-3H3,(H,24,27). The van der Waals surface area contributed by atoms with Gasteiger partial charge in [0, 0.05) is 32.7 Å². The number of aromatic nitrogens is 1. The lowest BCUT2D eigenvalue weighted by Crippen LogP contribution is -2.35. The highest BCUT2D eigenvalue weighted by atomic mass is 16.5. The van der Waals surface area contributed by atoms with Crippen LogP contribution in [0.3, 0.4) is 0 Å². The van der Waals surface area contributed by atoms with E-state index in [9.17, 15) is 9.59 Å². The zero-order valence-corrected chi connectivity index (χ0v) is 18.8. The predicted molar refractivity (Wildman–Crippen MR) is 118 cm³/mol. The minimum absolute atomic E-state index is 0.0984. The Morgan fingerprint density at radius 2 is 1.97 bits per heavy atom. The van der Waals surface area contributed by atoms with Gasteiger partial charge in [-0.05, 0) is 30.3 Å². The van der Waals surface area contributed by atoms with Gasteiger partial charge in [0.25, 0.3) is 5.91 Å². The van der Waals surface area contributed by atoms with Crippen molar-refractivity contribution in [3.05, 3.63) is 54.1 Å². The maximum Gasteiger partial charge on any atom is 0.276 e. The summed E-state index contributed by atoms with van der Waals surface area (Å²) in [7, 11) is 4.65. The maximum absolute atomic E-state index is 13.2. The van der Waals surface area contributed by atoms with Crippen LogP contribution in [0.5, 0.6) is 11.5 Å². The van der Waals surface area contributed by atoms with Crippen LogP contribution in [-0.2, 0) is 16.1 Å². The molecule has 2 amide bonds. The van der Waals surface area contributed by atoms with Gasteiger partial charge in [-0.15, -0.1) is 0 Å². The van der Waals surface area contributed by atoms with Crippen molar-refractivity contribution in [1.29, 1.82) is 0 Å². The van der Waals surface area contributed by atoms with Gasteiger partial charge in [-0.1, -0.05) is 5.16 Å². The van der Waals surface area contributed by atoms with Crippen LogP contribution in [0.15, 0.2) is 51.6 Å². The van der Waals surface area contributed by atoms with Crippen molar-refractivity contribution in [1.82, 2.24) is 15.4 Å². The molecule has 0 unspecified atom stereocenters. The number of nitrogens with zero attached hydrogens (tertiary/aromatic N) is 2. The minimum Gasteiger partial charge on any atom is -0.497 e. The Morgan fingerprint density at radius 1 is 1.12 bits per heavy atom. The third-order valence-corrected chi connectivity index (χ3v) is 4.85. The third kappa shape index (κ3) is 6.36. The monoisotopic (exact) mass is 457 g/mol. The van der Waals surface area contributed by atoms with Crippen molar-refractivity contribution in [3.63, 3.8) is 0 Å². The third-order valence-electron chi connectivity index (χ3n) is 4.85. The quantitative estimate of drug-likeness (QED) is 0.413. The van der Waals surface area contributed by atoms with Crippen LogP contribution in [0.2, 0.25) is 0 Å². The molecular formula is C23H27N3O7. The topological polar surface area (TPSA) is 116 Å². The number of rotatable bonds is 12. The fraction of sp³-hybridized carbons (Fsp3) is 0.348. The molecule has 33 heavy (non-hydrogen) atoms. The lowest BCUT2D eigenvalue weighted by atomic mass is 10.1. The Balaban J connectivity index is 1.77. The molecule has 0 radical (unpaired) electrons. The van der Waals surface area contributed by atoms with E-state index in [0.29, 0.717) is 41.7 Å². The van der Waals surface area contributed by atoms with E-state index in [1.54, 1.807) is 44.6 Å². The molecule has 0 fully saturated rings. The largest absolute Gasteiger partial charge is 0.497 e. The molecule has 0 bridgehead atoms. The number of benzene rings is 1. The number of hydrogen-bond donors (Lipinski definition) is 1. The summed E-state index contributed by atoms with van der Waals surface area (Å²) < 4.78 is 26.4. The van der Waals surface area contributed by atoms with Gasteiger partial charge >= 0.3 is 0 Å². The van der Waals surface area contributed by atoms with Crippen LogP contribution in [0.4, 0.5) is 0 Å². The minimum atomic E-state index is -0.395. The van der Waals surface area contributed by atoms with E-state index in [1.165, 1.54) is 24.3 Å².